The SMILES string of the molecule is CC(C)Oc1cc([C@H](Cc2c(Cl)c[nH+]cc2Cl)OC(=O)c2cccc(CN(C(=O)O[C@H]3CN4CCC3CC4)c3cccc(F)c3)c2)ccc1OC(F)F.[OH-]. The predicted octanol–water partition coefficient (Wildman–Crippen LogP) is 8.54. The van der Waals surface area contributed by atoms with E-state index in [9.17, 15) is 22.8 Å². The Kier molecular flexibility index (Phi) is 13.7. The van der Waals surface area contributed by atoms with Gasteiger partial charge in [-0.05, 0) is 99.3 Å². The van der Waals surface area contributed by atoms with E-state index in [1.54, 1.807) is 44.2 Å². The Balaban J connectivity index is 0.00000561. The summed E-state index contributed by atoms with van der Waals surface area (Å²) in [6, 6.07) is 16.5. The summed E-state index contributed by atoms with van der Waals surface area (Å²) in [5.41, 5.74) is 1.89. The van der Waals surface area contributed by atoms with Crippen molar-refractivity contribution >= 4 is 41.0 Å². The van der Waals surface area contributed by atoms with Crippen LogP contribution in [-0.2, 0) is 22.4 Å². The first-order valence-electron chi connectivity index (χ1n) is 17.3. The van der Waals surface area contributed by atoms with Gasteiger partial charge in [0.15, 0.2) is 23.9 Å². The summed E-state index contributed by atoms with van der Waals surface area (Å²) in [6.45, 7) is 2.96. The lowest BCUT2D eigenvalue weighted by Crippen LogP contribution is -2.53. The molecule has 15 heteroatoms. The van der Waals surface area contributed by atoms with Crippen molar-refractivity contribution in [3.8, 4) is 11.5 Å². The van der Waals surface area contributed by atoms with Crippen LogP contribution in [0.1, 0.15) is 59.8 Å². The summed E-state index contributed by atoms with van der Waals surface area (Å²) in [6.07, 6.45) is 2.69. The van der Waals surface area contributed by atoms with E-state index in [4.69, 9.17) is 37.4 Å². The van der Waals surface area contributed by atoms with Gasteiger partial charge in [0, 0.05) is 18.5 Å². The van der Waals surface area contributed by atoms with Gasteiger partial charge in [-0.15, -0.1) is 0 Å². The number of anilines is 1. The Hall–Kier alpha value is -4.56. The highest BCUT2D eigenvalue weighted by atomic mass is 35.5. The van der Waals surface area contributed by atoms with Crippen molar-refractivity contribution < 1.29 is 52.2 Å². The maximum Gasteiger partial charge on any atom is 0.414 e. The van der Waals surface area contributed by atoms with E-state index >= 15 is 0 Å². The number of H-pyrrole nitrogens is 1. The van der Waals surface area contributed by atoms with Gasteiger partial charge >= 0.3 is 18.7 Å². The fraction of sp³-hybridized carbons (Fsp3) is 0.359. The molecule has 3 aliphatic rings. The number of nitrogens with zero attached hydrogens (tertiary/aromatic N) is 2. The number of carbonyl (C=O) groups is 2. The molecule has 0 radical (unpaired) electrons. The third-order valence-corrected chi connectivity index (χ3v) is 9.92. The Morgan fingerprint density at radius 2 is 1.67 bits per heavy atom. The molecule has 2 N–H and O–H groups in total. The van der Waals surface area contributed by atoms with Crippen molar-refractivity contribution in [3.63, 3.8) is 0 Å². The number of alkyl halides is 2. The largest absolute Gasteiger partial charge is 0.870 e. The Bertz CT molecular complexity index is 1910. The molecule has 3 fully saturated rings. The molecule has 0 spiro atoms. The fourth-order valence-electron chi connectivity index (χ4n) is 6.67. The molecular weight excluding hydrogens is 750 g/mol. The van der Waals surface area contributed by atoms with Gasteiger partial charge in [0.2, 0.25) is 0 Å². The normalized spacial score (nSPS) is 18.1. The summed E-state index contributed by atoms with van der Waals surface area (Å²) in [7, 11) is 0. The van der Waals surface area contributed by atoms with Gasteiger partial charge in [0.25, 0.3) is 0 Å². The first-order chi connectivity index (χ1) is 25.4. The summed E-state index contributed by atoms with van der Waals surface area (Å²) >= 11 is 13.0. The third-order valence-electron chi connectivity index (χ3n) is 9.25. The number of esters is 1. The second-order valence-electron chi connectivity index (χ2n) is 13.3. The van der Waals surface area contributed by atoms with E-state index in [1.165, 1.54) is 53.7 Å². The number of hydrogen-bond donors (Lipinski definition) is 0. The molecule has 288 valence electrons. The second kappa shape index (κ2) is 18.2. The van der Waals surface area contributed by atoms with Crippen LogP contribution in [0.2, 0.25) is 10.0 Å². The second-order valence-corrected chi connectivity index (χ2v) is 14.1. The smallest absolute Gasteiger partial charge is 0.414 e. The first kappa shape index (κ1) is 40.6. The molecular formula is C39H40Cl2F3N3O7. The topological polar surface area (TPSA) is 122 Å². The number of benzene rings is 3. The molecule has 54 heavy (non-hydrogen) atoms. The van der Waals surface area contributed by atoms with Crippen LogP contribution in [0, 0.1) is 11.7 Å². The van der Waals surface area contributed by atoms with Crippen LogP contribution in [0.15, 0.2) is 79.1 Å². The lowest BCUT2D eigenvalue weighted by atomic mass is 9.86. The number of amides is 1. The average molecular weight is 791 g/mol. The molecule has 3 saturated heterocycles. The van der Waals surface area contributed by atoms with E-state index in [-0.39, 0.29) is 53.6 Å². The molecule has 4 heterocycles. The minimum atomic E-state index is -3.09. The number of pyridine rings is 1. The number of nitrogens with one attached hydrogen (secondary N) is 1. The standard InChI is InChI=1S/C39H38Cl2F3N3O6.H2O/c1-23(2)50-35-16-26(9-10-33(35)52-38(43)44)34(18-30-31(40)19-45-20-32(30)41)51-37(48)27-6-3-5-24(15-27)21-47(29-8-4-7-28(42)17-29)39(49)53-36-22-46-13-11-25(36)12-14-46;/h3-10,15-17,19-20,23,25,34,36,38H,11-14,18,21-22H2,1-2H3;1H2/t34-,36-;/m0./s1. The van der Waals surface area contributed by atoms with Gasteiger partial charge in [0.1, 0.15) is 28.1 Å². The molecule has 10 nitrogen and oxygen atoms in total. The molecule has 4 aromatic rings. The zero-order chi connectivity index (χ0) is 37.6. The van der Waals surface area contributed by atoms with E-state index in [2.05, 4.69) is 14.6 Å². The molecule has 1 aromatic heterocycles. The number of halogens is 5. The maximum atomic E-state index is 14.4. The molecule has 3 aliphatic heterocycles. The molecule has 0 unspecified atom stereocenters. The number of hydrogen-bond acceptors (Lipinski definition) is 8. The molecule has 2 bridgehead atoms. The van der Waals surface area contributed by atoms with Crippen molar-refractivity contribution in [3.05, 3.63) is 117 Å². The lowest BCUT2D eigenvalue weighted by molar-refractivity contribution is -0.377. The summed E-state index contributed by atoms with van der Waals surface area (Å²) in [4.78, 5) is 34.1. The zero-order valence-corrected chi connectivity index (χ0v) is 31.0. The van der Waals surface area contributed by atoms with E-state index in [1.807, 2.05) is 0 Å². The van der Waals surface area contributed by atoms with Gasteiger partial charge in [-0.3, -0.25) is 9.80 Å². The number of piperidine rings is 3. The molecule has 2 atom stereocenters. The first-order valence-corrected chi connectivity index (χ1v) is 18.0. The minimum absolute atomic E-state index is 0. The average Bonchev–Trinajstić information content (AvgIpc) is 3.12. The van der Waals surface area contributed by atoms with Crippen molar-refractivity contribution in [2.75, 3.05) is 24.5 Å². The van der Waals surface area contributed by atoms with Gasteiger partial charge in [0.05, 0.1) is 23.9 Å². The zero-order valence-electron chi connectivity index (χ0n) is 29.5. The lowest BCUT2D eigenvalue weighted by Gasteiger charge is -2.44. The van der Waals surface area contributed by atoms with Crippen LogP contribution >= 0.6 is 23.2 Å². The Morgan fingerprint density at radius 3 is 2.31 bits per heavy atom. The van der Waals surface area contributed by atoms with Crippen LogP contribution in [0.4, 0.5) is 23.7 Å². The molecule has 7 rings (SSSR count). The van der Waals surface area contributed by atoms with Crippen LogP contribution in [0.5, 0.6) is 11.5 Å². The summed E-state index contributed by atoms with van der Waals surface area (Å²) < 4.78 is 63.4. The fourth-order valence-corrected chi connectivity index (χ4v) is 7.20. The summed E-state index contributed by atoms with van der Waals surface area (Å²) in [5.74, 6) is -1.13. The number of fused-ring (bicyclic) bond motifs is 3. The summed E-state index contributed by atoms with van der Waals surface area (Å²) in [5, 5.41) is 0.582. The van der Waals surface area contributed by atoms with Gasteiger partial charge < -0.3 is 24.4 Å². The van der Waals surface area contributed by atoms with Crippen molar-refractivity contribution in [2.24, 2.45) is 5.92 Å². The number of aromatic amines is 1. The van der Waals surface area contributed by atoms with Crippen LogP contribution in [0.3, 0.4) is 0 Å². The Labute approximate surface area is 321 Å². The van der Waals surface area contributed by atoms with E-state index in [0.717, 1.165) is 25.9 Å². The van der Waals surface area contributed by atoms with Crippen molar-refractivity contribution in [1.82, 2.24) is 4.90 Å². The minimum Gasteiger partial charge on any atom is -0.870 e. The monoisotopic (exact) mass is 789 g/mol. The van der Waals surface area contributed by atoms with Crippen LogP contribution < -0.4 is 19.4 Å². The number of carbonyl (C=O) groups excluding carboxylic acids is 2. The third kappa shape index (κ3) is 10.1. The van der Waals surface area contributed by atoms with Gasteiger partial charge in [-0.25, -0.2) is 19.0 Å². The molecule has 1 amide bonds. The van der Waals surface area contributed by atoms with E-state index < -0.39 is 30.6 Å². The van der Waals surface area contributed by atoms with Crippen LogP contribution in [0.25, 0.3) is 0 Å². The number of rotatable bonds is 13. The highest BCUT2D eigenvalue weighted by Crippen LogP contribution is 2.37. The number of aromatic nitrogens is 1. The van der Waals surface area contributed by atoms with Crippen molar-refractivity contribution in [2.45, 2.75) is 64.6 Å². The quantitative estimate of drug-likeness (QED) is 0.124. The predicted molar refractivity (Wildman–Crippen MR) is 194 cm³/mol. The Morgan fingerprint density at radius 1 is 0.944 bits per heavy atom. The highest BCUT2D eigenvalue weighted by molar-refractivity contribution is 6.35. The molecule has 3 aromatic carbocycles. The highest BCUT2D eigenvalue weighted by Gasteiger charge is 2.37. The number of ether oxygens (including phenoxy) is 4. The maximum absolute atomic E-state index is 14.4. The molecule has 0 saturated carbocycles. The van der Waals surface area contributed by atoms with Crippen molar-refractivity contribution in [1.29, 1.82) is 0 Å². The van der Waals surface area contributed by atoms with Crippen LogP contribution in [-0.4, -0.2) is 60.9 Å². The van der Waals surface area contributed by atoms with Gasteiger partial charge in [-0.2, -0.15) is 8.78 Å². The van der Waals surface area contributed by atoms with Gasteiger partial charge in [-0.1, -0.05) is 47.5 Å². The van der Waals surface area contributed by atoms with E-state index in [0.29, 0.717) is 39.0 Å². The molecule has 0 aliphatic carbocycles.